The third-order valence-corrected chi connectivity index (χ3v) is 2.89. The highest BCUT2D eigenvalue weighted by Crippen LogP contribution is 2.14. The first-order valence-electron chi connectivity index (χ1n) is 6.28. The van der Waals surface area contributed by atoms with Crippen molar-refractivity contribution in [1.29, 1.82) is 0 Å². The fourth-order valence-corrected chi connectivity index (χ4v) is 2.18. The van der Waals surface area contributed by atoms with Crippen molar-refractivity contribution in [3.05, 3.63) is 0 Å². The lowest BCUT2D eigenvalue weighted by Gasteiger charge is -2.30. The van der Waals surface area contributed by atoms with Gasteiger partial charge < -0.3 is 16.0 Å². The molecule has 0 aromatic rings. The quantitative estimate of drug-likeness (QED) is 0.763. The number of piperidine rings is 1. The largest absolute Gasteiger partial charge is 0.368 e. The van der Waals surface area contributed by atoms with E-state index in [0.29, 0.717) is 19.0 Å². The Morgan fingerprint density at radius 2 is 2.11 bits per heavy atom. The number of carbonyl (C=O) groups is 2. The third kappa shape index (κ3) is 5.69. The number of nitrogens with one attached hydrogen (secondary N) is 1. The van der Waals surface area contributed by atoms with Gasteiger partial charge in [0, 0.05) is 13.1 Å². The first-order valence-corrected chi connectivity index (χ1v) is 6.28. The summed E-state index contributed by atoms with van der Waals surface area (Å²) in [4.78, 5) is 24.8. The summed E-state index contributed by atoms with van der Waals surface area (Å²) in [5.74, 6) is -0.0378. The molecule has 1 aliphatic heterocycles. The van der Waals surface area contributed by atoms with E-state index in [4.69, 9.17) is 5.73 Å². The van der Waals surface area contributed by atoms with Crippen LogP contribution in [0.2, 0.25) is 0 Å². The molecular formula is C12H24ClN3O2. The van der Waals surface area contributed by atoms with Crippen molar-refractivity contribution in [3.8, 4) is 0 Å². The molecule has 0 bridgehead atoms. The van der Waals surface area contributed by atoms with Crippen molar-refractivity contribution in [2.45, 2.75) is 26.7 Å². The minimum absolute atomic E-state index is 0. The van der Waals surface area contributed by atoms with Crippen molar-refractivity contribution >= 4 is 24.2 Å². The molecule has 0 unspecified atom stereocenters. The van der Waals surface area contributed by atoms with Crippen LogP contribution in [0.15, 0.2) is 0 Å². The molecule has 0 aromatic carbocycles. The lowest BCUT2D eigenvalue weighted by atomic mass is 9.97. The fourth-order valence-electron chi connectivity index (χ4n) is 2.18. The van der Waals surface area contributed by atoms with Gasteiger partial charge in [0.1, 0.15) is 0 Å². The SMILES string of the molecule is CC(C)CN(CC(N)=O)C(=O)[C@@H]1CCCNC1.Cl. The van der Waals surface area contributed by atoms with Gasteiger partial charge in [-0.2, -0.15) is 0 Å². The molecule has 2 amide bonds. The summed E-state index contributed by atoms with van der Waals surface area (Å²) in [5.41, 5.74) is 5.19. The molecule has 1 saturated heterocycles. The molecule has 1 rings (SSSR count). The van der Waals surface area contributed by atoms with E-state index in [2.05, 4.69) is 5.32 Å². The van der Waals surface area contributed by atoms with Gasteiger partial charge in [0.2, 0.25) is 11.8 Å². The van der Waals surface area contributed by atoms with Crippen LogP contribution >= 0.6 is 12.4 Å². The summed E-state index contributed by atoms with van der Waals surface area (Å²) in [6.45, 7) is 6.38. The van der Waals surface area contributed by atoms with E-state index in [0.717, 1.165) is 19.4 Å². The standard InChI is InChI=1S/C12H23N3O2.ClH/c1-9(2)7-15(8-11(13)16)12(17)10-4-3-5-14-6-10;/h9-10,14H,3-8H2,1-2H3,(H2,13,16);1H/t10-;/m1./s1. The monoisotopic (exact) mass is 277 g/mol. The fraction of sp³-hybridized carbons (Fsp3) is 0.833. The van der Waals surface area contributed by atoms with Crippen LogP contribution < -0.4 is 11.1 Å². The van der Waals surface area contributed by atoms with E-state index >= 15 is 0 Å². The molecular weight excluding hydrogens is 254 g/mol. The van der Waals surface area contributed by atoms with Gasteiger partial charge in [-0.05, 0) is 25.3 Å². The van der Waals surface area contributed by atoms with E-state index in [1.54, 1.807) is 4.90 Å². The van der Waals surface area contributed by atoms with E-state index in [-0.39, 0.29) is 30.8 Å². The van der Waals surface area contributed by atoms with Gasteiger partial charge in [-0.15, -0.1) is 12.4 Å². The molecule has 106 valence electrons. The zero-order valence-corrected chi connectivity index (χ0v) is 12.0. The van der Waals surface area contributed by atoms with Crippen LogP contribution in [-0.4, -0.2) is 42.9 Å². The molecule has 0 aliphatic carbocycles. The number of halogens is 1. The average Bonchev–Trinajstić information content (AvgIpc) is 2.27. The first kappa shape index (κ1) is 17.2. The van der Waals surface area contributed by atoms with Crippen molar-refractivity contribution in [2.75, 3.05) is 26.2 Å². The Hall–Kier alpha value is -0.810. The van der Waals surface area contributed by atoms with Crippen LogP contribution in [0.4, 0.5) is 0 Å². The Morgan fingerprint density at radius 3 is 2.56 bits per heavy atom. The number of rotatable bonds is 5. The summed E-state index contributed by atoms with van der Waals surface area (Å²) in [5, 5.41) is 3.21. The summed E-state index contributed by atoms with van der Waals surface area (Å²) >= 11 is 0. The molecule has 18 heavy (non-hydrogen) atoms. The molecule has 1 atom stereocenters. The number of hydrogen-bond donors (Lipinski definition) is 2. The zero-order chi connectivity index (χ0) is 12.8. The highest BCUT2D eigenvalue weighted by molar-refractivity contribution is 5.85. The minimum Gasteiger partial charge on any atom is -0.368 e. The lowest BCUT2D eigenvalue weighted by Crippen LogP contribution is -2.47. The number of carbonyl (C=O) groups excluding carboxylic acids is 2. The van der Waals surface area contributed by atoms with Crippen LogP contribution in [0.1, 0.15) is 26.7 Å². The molecule has 5 nitrogen and oxygen atoms in total. The average molecular weight is 278 g/mol. The van der Waals surface area contributed by atoms with E-state index in [1.165, 1.54) is 0 Å². The molecule has 1 fully saturated rings. The van der Waals surface area contributed by atoms with Gasteiger partial charge in [-0.25, -0.2) is 0 Å². The van der Waals surface area contributed by atoms with Crippen molar-refractivity contribution in [1.82, 2.24) is 10.2 Å². The smallest absolute Gasteiger partial charge is 0.237 e. The maximum absolute atomic E-state index is 12.2. The number of nitrogens with two attached hydrogens (primary N) is 1. The van der Waals surface area contributed by atoms with Crippen molar-refractivity contribution in [3.63, 3.8) is 0 Å². The number of hydrogen-bond acceptors (Lipinski definition) is 3. The second kappa shape index (κ2) is 8.32. The van der Waals surface area contributed by atoms with Crippen LogP contribution in [0.25, 0.3) is 0 Å². The second-order valence-corrected chi connectivity index (χ2v) is 5.12. The molecule has 0 spiro atoms. The molecule has 3 N–H and O–H groups in total. The second-order valence-electron chi connectivity index (χ2n) is 5.12. The highest BCUT2D eigenvalue weighted by atomic mass is 35.5. The van der Waals surface area contributed by atoms with Crippen LogP contribution in [0.3, 0.4) is 0 Å². The summed E-state index contributed by atoms with van der Waals surface area (Å²) in [7, 11) is 0. The Bertz CT molecular complexity index is 278. The third-order valence-electron chi connectivity index (χ3n) is 2.89. The molecule has 0 radical (unpaired) electrons. The Morgan fingerprint density at radius 1 is 1.44 bits per heavy atom. The predicted octanol–water partition coefficient (Wildman–Crippen LogP) is 0.378. The summed E-state index contributed by atoms with van der Waals surface area (Å²) in [6.07, 6.45) is 1.92. The van der Waals surface area contributed by atoms with Gasteiger partial charge in [0.15, 0.2) is 0 Å². The van der Waals surface area contributed by atoms with Gasteiger partial charge >= 0.3 is 0 Å². The van der Waals surface area contributed by atoms with E-state index < -0.39 is 5.91 Å². The Labute approximate surface area is 115 Å². The van der Waals surface area contributed by atoms with E-state index in [9.17, 15) is 9.59 Å². The maximum atomic E-state index is 12.2. The predicted molar refractivity (Wildman–Crippen MR) is 73.5 cm³/mol. The first-order chi connectivity index (χ1) is 8.00. The highest BCUT2D eigenvalue weighted by Gasteiger charge is 2.26. The van der Waals surface area contributed by atoms with Crippen LogP contribution in [-0.2, 0) is 9.59 Å². The minimum atomic E-state index is -0.442. The molecule has 6 heteroatoms. The molecule has 1 heterocycles. The molecule has 0 aromatic heterocycles. The summed E-state index contributed by atoms with van der Waals surface area (Å²) in [6, 6.07) is 0. The number of amides is 2. The lowest BCUT2D eigenvalue weighted by molar-refractivity contribution is -0.139. The zero-order valence-electron chi connectivity index (χ0n) is 11.1. The molecule has 0 saturated carbocycles. The van der Waals surface area contributed by atoms with Gasteiger partial charge in [-0.1, -0.05) is 13.8 Å². The van der Waals surface area contributed by atoms with Gasteiger partial charge in [0.05, 0.1) is 12.5 Å². The van der Waals surface area contributed by atoms with Crippen LogP contribution in [0.5, 0.6) is 0 Å². The summed E-state index contributed by atoms with van der Waals surface area (Å²) < 4.78 is 0. The normalized spacial score (nSPS) is 19.2. The van der Waals surface area contributed by atoms with Gasteiger partial charge in [-0.3, -0.25) is 9.59 Å². The topological polar surface area (TPSA) is 75.4 Å². The Kier molecular flexibility index (Phi) is 7.95. The number of nitrogens with zero attached hydrogens (tertiary/aromatic N) is 1. The van der Waals surface area contributed by atoms with Crippen LogP contribution in [0, 0.1) is 11.8 Å². The van der Waals surface area contributed by atoms with Crippen molar-refractivity contribution in [2.24, 2.45) is 17.6 Å². The number of primary amides is 1. The molecule has 1 aliphatic rings. The Balaban J connectivity index is 0.00000289. The maximum Gasteiger partial charge on any atom is 0.237 e. The van der Waals surface area contributed by atoms with Crippen molar-refractivity contribution < 1.29 is 9.59 Å². The van der Waals surface area contributed by atoms with Gasteiger partial charge in [0.25, 0.3) is 0 Å². The van der Waals surface area contributed by atoms with E-state index in [1.807, 2.05) is 13.8 Å².